The molecule has 174 valence electrons. The molecular formula is C23H31N3O5S. The minimum Gasteiger partial charge on any atom is -0.497 e. The van der Waals surface area contributed by atoms with Crippen molar-refractivity contribution < 1.29 is 22.7 Å². The number of methoxy groups -OCH3 is 2. The Bertz CT molecular complexity index is 1060. The molecular weight excluding hydrogens is 430 g/mol. The molecule has 0 bridgehead atoms. The number of hydrogen-bond donors (Lipinski definition) is 1. The van der Waals surface area contributed by atoms with E-state index in [4.69, 9.17) is 9.47 Å². The molecule has 1 fully saturated rings. The number of ether oxygens (including phenoxy) is 2. The number of urea groups is 1. The fraction of sp³-hybridized carbons (Fsp3) is 0.435. The maximum absolute atomic E-state index is 12.9. The monoisotopic (exact) mass is 461 g/mol. The van der Waals surface area contributed by atoms with Crippen molar-refractivity contribution in [2.75, 3.05) is 46.9 Å². The van der Waals surface area contributed by atoms with Crippen LogP contribution in [0.4, 0.5) is 4.79 Å². The van der Waals surface area contributed by atoms with Crippen LogP contribution in [0.1, 0.15) is 16.7 Å². The predicted molar refractivity (Wildman–Crippen MR) is 123 cm³/mol. The number of amides is 2. The molecule has 0 saturated carbocycles. The van der Waals surface area contributed by atoms with Gasteiger partial charge in [-0.1, -0.05) is 12.1 Å². The highest BCUT2D eigenvalue weighted by molar-refractivity contribution is 7.89. The van der Waals surface area contributed by atoms with Gasteiger partial charge >= 0.3 is 6.03 Å². The third-order valence-corrected chi connectivity index (χ3v) is 7.70. The normalized spacial score (nSPS) is 14.8. The van der Waals surface area contributed by atoms with Crippen molar-refractivity contribution in [3.63, 3.8) is 0 Å². The number of piperazine rings is 1. The fourth-order valence-corrected chi connectivity index (χ4v) is 5.14. The molecule has 1 aliphatic heterocycles. The highest BCUT2D eigenvalue weighted by Crippen LogP contribution is 2.25. The molecule has 0 radical (unpaired) electrons. The number of aryl methyl sites for hydroxylation is 2. The SMILES string of the molecule is COc1ccc(CCNC(=O)N2CCN(S(=O)(=O)c3ccc(C)c(C)c3)CC2)c(OC)c1. The Balaban J connectivity index is 1.52. The minimum atomic E-state index is -3.57. The van der Waals surface area contributed by atoms with Gasteiger partial charge in [0.1, 0.15) is 11.5 Å². The summed E-state index contributed by atoms with van der Waals surface area (Å²) in [6, 6.07) is 10.6. The van der Waals surface area contributed by atoms with Crippen LogP contribution < -0.4 is 14.8 Å². The van der Waals surface area contributed by atoms with Gasteiger partial charge in [-0.25, -0.2) is 13.2 Å². The summed E-state index contributed by atoms with van der Waals surface area (Å²) in [5.41, 5.74) is 2.97. The van der Waals surface area contributed by atoms with Crippen molar-refractivity contribution in [2.24, 2.45) is 0 Å². The molecule has 9 heteroatoms. The van der Waals surface area contributed by atoms with Crippen molar-refractivity contribution in [3.8, 4) is 11.5 Å². The lowest BCUT2D eigenvalue weighted by molar-refractivity contribution is 0.172. The van der Waals surface area contributed by atoms with Gasteiger partial charge < -0.3 is 19.7 Å². The third-order valence-electron chi connectivity index (χ3n) is 5.81. The Morgan fingerprint density at radius 1 is 0.969 bits per heavy atom. The highest BCUT2D eigenvalue weighted by Gasteiger charge is 2.30. The number of rotatable bonds is 7. The smallest absolute Gasteiger partial charge is 0.317 e. The number of sulfonamides is 1. The van der Waals surface area contributed by atoms with E-state index in [0.717, 1.165) is 16.7 Å². The zero-order valence-corrected chi connectivity index (χ0v) is 19.9. The van der Waals surface area contributed by atoms with Crippen LogP contribution in [0, 0.1) is 13.8 Å². The Kier molecular flexibility index (Phi) is 7.63. The highest BCUT2D eigenvalue weighted by atomic mass is 32.2. The molecule has 2 aromatic rings. The molecule has 8 nitrogen and oxygen atoms in total. The predicted octanol–water partition coefficient (Wildman–Crippen LogP) is 2.58. The summed E-state index contributed by atoms with van der Waals surface area (Å²) in [5.74, 6) is 1.42. The van der Waals surface area contributed by atoms with E-state index >= 15 is 0 Å². The lowest BCUT2D eigenvalue weighted by Crippen LogP contribution is -2.53. The molecule has 2 aromatic carbocycles. The summed E-state index contributed by atoms with van der Waals surface area (Å²) in [6.45, 7) is 5.54. The van der Waals surface area contributed by atoms with Crippen LogP contribution >= 0.6 is 0 Å². The summed E-state index contributed by atoms with van der Waals surface area (Å²) < 4.78 is 37.9. The summed E-state index contributed by atoms with van der Waals surface area (Å²) in [7, 11) is -0.368. The molecule has 1 N–H and O–H groups in total. The second kappa shape index (κ2) is 10.2. The van der Waals surface area contributed by atoms with Gasteiger partial charge in [-0.2, -0.15) is 4.31 Å². The maximum Gasteiger partial charge on any atom is 0.317 e. The largest absolute Gasteiger partial charge is 0.497 e. The summed E-state index contributed by atoms with van der Waals surface area (Å²) in [6.07, 6.45) is 0.611. The standard InChI is InChI=1S/C23H31N3O5S/c1-17-5-8-21(15-18(17)2)32(28,29)26-13-11-25(12-14-26)23(27)24-10-9-19-6-7-20(30-3)16-22(19)31-4/h5-8,15-16H,9-14H2,1-4H3,(H,24,27). The first-order valence-electron chi connectivity index (χ1n) is 10.6. The van der Waals surface area contributed by atoms with Crippen LogP contribution in [-0.2, 0) is 16.4 Å². The molecule has 1 saturated heterocycles. The van der Waals surface area contributed by atoms with Crippen molar-refractivity contribution in [1.82, 2.24) is 14.5 Å². The zero-order valence-electron chi connectivity index (χ0n) is 19.1. The van der Waals surface area contributed by atoms with E-state index in [1.807, 2.05) is 38.1 Å². The van der Waals surface area contributed by atoms with E-state index in [1.54, 1.807) is 31.3 Å². The lowest BCUT2D eigenvalue weighted by atomic mass is 10.1. The minimum absolute atomic E-state index is 0.194. The van der Waals surface area contributed by atoms with Crippen LogP contribution in [-0.4, -0.2) is 70.6 Å². The van der Waals surface area contributed by atoms with Crippen LogP contribution in [0.2, 0.25) is 0 Å². The van der Waals surface area contributed by atoms with Crippen molar-refractivity contribution in [1.29, 1.82) is 0 Å². The molecule has 2 amide bonds. The van der Waals surface area contributed by atoms with E-state index in [2.05, 4.69) is 5.32 Å². The molecule has 0 aromatic heterocycles. The van der Waals surface area contributed by atoms with Gasteiger partial charge in [0, 0.05) is 38.8 Å². The molecule has 0 aliphatic carbocycles. The molecule has 0 unspecified atom stereocenters. The zero-order chi connectivity index (χ0) is 23.3. The molecule has 1 heterocycles. The van der Waals surface area contributed by atoms with E-state index in [9.17, 15) is 13.2 Å². The van der Waals surface area contributed by atoms with Gasteiger partial charge in [0.05, 0.1) is 19.1 Å². The number of nitrogens with one attached hydrogen (secondary N) is 1. The summed E-state index contributed by atoms with van der Waals surface area (Å²) >= 11 is 0. The Morgan fingerprint density at radius 2 is 1.69 bits per heavy atom. The quantitative estimate of drug-likeness (QED) is 0.685. The van der Waals surface area contributed by atoms with Gasteiger partial charge in [0.15, 0.2) is 0 Å². The second-order valence-corrected chi connectivity index (χ2v) is 9.73. The first-order valence-corrected chi connectivity index (χ1v) is 12.0. The van der Waals surface area contributed by atoms with E-state index in [0.29, 0.717) is 42.4 Å². The second-order valence-electron chi connectivity index (χ2n) is 7.80. The number of benzene rings is 2. The first-order chi connectivity index (χ1) is 15.3. The average Bonchev–Trinajstić information content (AvgIpc) is 2.80. The molecule has 1 aliphatic rings. The van der Waals surface area contributed by atoms with E-state index in [1.165, 1.54) is 4.31 Å². The van der Waals surface area contributed by atoms with Crippen LogP contribution in [0.25, 0.3) is 0 Å². The fourth-order valence-electron chi connectivity index (χ4n) is 3.63. The number of carbonyl (C=O) groups is 1. The van der Waals surface area contributed by atoms with Crippen LogP contribution in [0.5, 0.6) is 11.5 Å². The number of hydrogen-bond acceptors (Lipinski definition) is 5. The van der Waals surface area contributed by atoms with Crippen molar-refractivity contribution in [3.05, 3.63) is 53.1 Å². The molecule has 32 heavy (non-hydrogen) atoms. The van der Waals surface area contributed by atoms with Gasteiger partial charge in [-0.05, 0) is 55.2 Å². The summed E-state index contributed by atoms with van der Waals surface area (Å²) in [4.78, 5) is 14.5. The number of nitrogens with zero attached hydrogens (tertiary/aromatic N) is 2. The van der Waals surface area contributed by atoms with Gasteiger partial charge in [-0.3, -0.25) is 0 Å². The van der Waals surface area contributed by atoms with Crippen molar-refractivity contribution >= 4 is 16.1 Å². The van der Waals surface area contributed by atoms with Gasteiger partial charge in [0.25, 0.3) is 0 Å². The summed E-state index contributed by atoms with van der Waals surface area (Å²) in [5, 5.41) is 2.91. The Labute approximate surface area is 190 Å². The van der Waals surface area contributed by atoms with Gasteiger partial charge in [0.2, 0.25) is 10.0 Å². The van der Waals surface area contributed by atoms with Crippen molar-refractivity contribution in [2.45, 2.75) is 25.2 Å². The lowest BCUT2D eigenvalue weighted by Gasteiger charge is -2.34. The van der Waals surface area contributed by atoms with Gasteiger partial charge in [-0.15, -0.1) is 0 Å². The third kappa shape index (κ3) is 5.34. The Morgan fingerprint density at radius 3 is 2.31 bits per heavy atom. The molecule has 3 rings (SSSR count). The number of carbonyl (C=O) groups excluding carboxylic acids is 1. The van der Waals surface area contributed by atoms with Crippen LogP contribution in [0.3, 0.4) is 0 Å². The van der Waals surface area contributed by atoms with E-state index in [-0.39, 0.29) is 19.1 Å². The van der Waals surface area contributed by atoms with Crippen LogP contribution in [0.15, 0.2) is 41.3 Å². The molecule has 0 spiro atoms. The van der Waals surface area contributed by atoms with E-state index < -0.39 is 10.0 Å². The topological polar surface area (TPSA) is 88.2 Å². The average molecular weight is 462 g/mol. The molecule has 0 atom stereocenters. The Hall–Kier alpha value is -2.78. The maximum atomic E-state index is 12.9. The first kappa shape index (κ1) is 23.9.